The maximum absolute atomic E-state index is 12.0. The third-order valence-electron chi connectivity index (χ3n) is 2.03. The highest BCUT2D eigenvalue weighted by Crippen LogP contribution is 2.18. The van der Waals surface area contributed by atoms with E-state index in [4.69, 9.17) is 10.3 Å². The van der Waals surface area contributed by atoms with Crippen molar-refractivity contribution < 1.29 is 13.5 Å². The van der Waals surface area contributed by atoms with Gasteiger partial charge in [0.1, 0.15) is 0 Å². The third kappa shape index (κ3) is 4.24. The molecule has 0 fully saturated rings. The fourth-order valence-corrected chi connectivity index (χ4v) is 1.27. The number of aryl methyl sites for hydroxylation is 1. The number of ether oxygens (including phenoxy) is 1. The van der Waals surface area contributed by atoms with Crippen LogP contribution in [0.3, 0.4) is 0 Å². The van der Waals surface area contributed by atoms with Gasteiger partial charge in [0.2, 0.25) is 5.88 Å². The van der Waals surface area contributed by atoms with E-state index in [0.29, 0.717) is 6.42 Å². The lowest BCUT2D eigenvalue weighted by Gasteiger charge is -2.09. The van der Waals surface area contributed by atoms with Gasteiger partial charge in [-0.3, -0.25) is 0 Å². The van der Waals surface area contributed by atoms with Gasteiger partial charge in [0.05, 0.1) is 6.54 Å². The van der Waals surface area contributed by atoms with Crippen molar-refractivity contribution in [1.82, 2.24) is 4.98 Å². The fraction of sp³-hybridized carbons (Fsp3) is 0.500. The molecule has 0 atom stereocenters. The maximum atomic E-state index is 12.0. The summed E-state index contributed by atoms with van der Waals surface area (Å²) in [6.45, 7) is 1.38. The zero-order chi connectivity index (χ0) is 12.7. The highest BCUT2D eigenvalue weighted by Gasteiger charge is 2.09. The zero-order valence-electron chi connectivity index (χ0n) is 9.31. The van der Waals surface area contributed by atoms with Gasteiger partial charge in [-0.05, 0) is 23.6 Å². The number of hydrogen-bond acceptors (Lipinski definition) is 3. The molecule has 1 aromatic heterocycles. The summed E-state index contributed by atoms with van der Waals surface area (Å²) in [5.41, 5.74) is 9.63. The third-order valence-corrected chi connectivity index (χ3v) is 2.03. The normalized spacial score (nSPS) is 10.1. The van der Waals surface area contributed by atoms with E-state index < -0.39 is 13.0 Å². The smallest absolute Gasteiger partial charge is 0.272 e. The van der Waals surface area contributed by atoms with Crippen molar-refractivity contribution >= 4 is 0 Å². The molecule has 17 heavy (non-hydrogen) atoms. The zero-order valence-corrected chi connectivity index (χ0v) is 9.31. The van der Waals surface area contributed by atoms with Crippen molar-refractivity contribution in [3.8, 4) is 5.88 Å². The van der Waals surface area contributed by atoms with Gasteiger partial charge < -0.3 is 4.74 Å². The summed E-state index contributed by atoms with van der Waals surface area (Å²) in [6, 6.07) is 1.74. The summed E-state index contributed by atoms with van der Waals surface area (Å²) in [6.07, 6.45) is -0.464. The van der Waals surface area contributed by atoms with Crippen molar-refractivity contribution in [1.29, 1.82) is 0 Å². The first-order chi connectivity index (χ1) is 8.17. The molecule has 1 heterocycles. The lowest BCUT2D eigenvalue weighted by atomic mass is 10.1. The Morgan fingerprint density at radius 1 is 1.59 bits per heavy atom. The highest BCUT2D eigenvalue weighted by molar-refractivity contribution is 5.30. The SMILES string of the molecule is CCc1cc(CN=[N+]=[N-])cnc1OCC(F)F. The molecule has 0 aliphatic carbocycles. The van der Waals surface area contributed by atoms with Gasteiger partial charge in [0, 0.05) is 16.7 Å². The number of alkyl halides is 2. The van der Waals surface area contributed by atoms with Crippen LogP contribution < -0.4 is 4.74 Å². The number of halogens is 2. The minimum absolute atomic E-state index is 0.186. The van der Waals surface area contributed by atoms with E-state index in [-0.39, 0.29) is 12.4 Å². The van der Waals surface area contributed by atoms with Gasteiger partial charge in [0.25, 0.3) is 6.43 Å². The van der Waals surface area contributed by atoms with Crippen LogP contribution in [0.4, 0.5) is 8.78 Å². The molecule has 0 aromatic carbocycles. The minimum atomic E-state index is -2.52. The molecule has 0 amide bonds. The second kappa shape index (κ2) is 6.65. The van der Waals surface area contributed by atoms with Gasteiger partial charge in [-0.1, -0.05) is 12.0 Å². The number of rotatable bonds is 6. The number of hydrogen-bond donors (Lipinski definition) is 0. The van der Waals surface area contributed by atoms with Crippen LogP contribution in [-0.4, -0.2) is 18.0 Å². The number of aromatic nitrogens is 1. The Morgan fingerprint density at radius 2 is 2.35 bits per heavy atom. The molecule has 0 radical (unpaired) electrons. The first kappa shape index (κ1) is 13.2. The molecular formula is C10H12F2N4O. The molecule has 92 valence electrons. The average Bonchev–Trinajstić information content (AvgIpc) is 2.34. The second-order valence-corrected chi connectivity index (χ2v) is 3.25. The Morgan fingerprint density at radius 3 is 2.94 bits per heavy atom. The van der Waals surface area contributed by atoms with Gasteiger partial charge in [-0.2, -0.15) is 0 Å². The first-order valence-electron chi connectivity index (χ1n) is 5.07. The molecule has 0 N–H and O–H groups in total. The molecule has 0 saturated heterocycles. The molecule has 0 unspecified atom stereocenters. The predicted molar refractivity (Wildman–Crippen MR) is 58.0 cm³/mol. The van der Waals surface area contributed by atoms with Crippen molar-refractivity contribution in [3.63, 3.8) is 0 Å². The molecule has 0 spiro atoms. The number of nitrogens with zero attached hydrogens (tertiary/aromatic N) is 4. The monoisotopic (exact) mass is 242 g/mol. The molecule has 1 rings (SSSR count). The highest BCUT2D eigenvalue weighted by atomic mass is 19.3. The minimum Gasteiger partial charge on any atom is -0.471 e. The number of azide groups is 1. The second-order valence-electron chi connectivity index (χ2n) is 3.25. The molecular weight excluding hydrogens is 230 g/mol. The maximum Gasteiger partial charge on any atom is 0.272 e. The van der Waals surface area contributed by atoms with Crippen molar-refractivity contribution in [2.45, 2.75) is 26.3 Å². The first-order valence-corrected chi connectivity index (χ1v) is 5.07. The summed E-state index contributed by atoms with van der Waals surface area (Å²) in [7, 11) is 0. The van der Waals surface area contributed by atoms with Crippen LogP contribution in [-0.2, 0) is 13.0 Å². The lowest BCUT2D eigenvalue weighted by molar-refractivity contribution is 0.0791. The van der Waals surface area contributed by atoms with Crippen LogP contribution in [0.1, 0.15) is 18.1 Å². The van der Waals surface area contributed by atoms with Gasteiger partial charge in [0.15, 0.2) is 6.61 Å². The quantitative estimate of drug-likeness (QED) is 0.437. The van der Waals surface area contributed by atoms with Crippen LogP contribution in [0.5, 0.6) is 5.88 Å². The van der Waals surface area contributed by atoms with Crippen LogP contribution in [0.15, 0.2) is 17.4 Å². The van der Waals surface area contributed by atoms with E-state index in [0.717, 1.165) is 11.1 Å². The largest absolute Gasteiger partial charge is 0.471 e. The summed E-state index contributed by atoms with van der Waals surface area (Å²) in [5.74, 6) is 0.206. The summed E-state index contributed by atoms with van der Waals surface area (Å²) in [5, 5.41) is 3.40. The van der Waals surface area contributed by atoms with Gasteiger partial charge in [-0.25, -0.2) is 13.8 Å². The summed E-state index contributed by atoms with van der Waals surface area (Å²) < 4.78 is 28.9. The van der Waals surface area contributed by atoms with Crippen LogP contribution >= 0.6 is 0 Å². The molecule has 0 aliphatic heterocycles. The average molecular weight is 242 g/mol. The molecule has 0 bridgehead atoms. The fourth-order valence-electron chi connectivity index (χ4n) is 1.27. The van der Waals surface area contributed by atoms with Crippen LogP contribution in [0, 0.1) is 0 Å². The van der Waals surface area contributed by atoms with E-state index >= 15 is 0 Å². The topological polar surface area (TPSA) is 70.9 Å². The van der Waals surface area contributed by atoms with E-state index in [9.17, 15) is 8.78 Å². The van der Waals surface area contributed by atoms with E-state index in [1.54, 1.807) is 6.07 Å². The van der Waals surface area contributed by atoms with Gasteiger partial charge >= 0.3 is 0 Å². The Hall–Kier alpha value is -1.88. The van der Waals surface area contributed by atoms with Crippen molar-refractivity contribution in [2.24, 2.45) is 5.11 Å². The predicted octanol–water partition coefficient (Wildman–Crippen LogP) is 3.10. The van der Waals surface area contributed by atoms with E-state index in [1.165, 1.54) is 6.20 Å². The van der Waals surface area contributed by atoms with Crippen LogP contribution in [0.2, 0.25) is 0 Å². The standard InChI is InChI=1S/C10H12F2N4O/c1-2-8-3-7(5-15-16-13)4-14-10(8)17-6-9(11)12/h3-4,9H,2,5-6H2,1H3. The Balaban J connectivity index is 2.81. The van der Waals surface area contributed by atoms with Gasteiger partial charge in [-0.15, -0.1) is 0 Å². The van der Waals surface area contributed by atoms with Crippen molar-refractivity contribution in [3.05, 3.63) is 33.8 Å². The van der Waals surface area contributed by atoms with E-state index in [2.05, 4.69) is 15.0 Å². The molecule has 1 aromatic rings. The number of pyridine rings is 1. The molecule has 5 nitrogen and oxygen atoms in total. The van der Waals surface area contributed by atoms with Crippen LogP contribution in [0.25, 0.3) is 10.4 Å². The molecule has 0 aliphatic rings. The molecule has 7 heteroatoms. The molecule has 0 saturated carbocycles. The van der Waals surface area contributed by atoms with E-state index in [1.807, 2.05) is 6.92 Å². The Labute approximate surface area is 97.1 Å². The van der Waals surface area contributed by atoms with Crippen molar-refractivity contribution in [2.75, 3.05) is 6.61 Å². The lowest BCUT2D eigenvalue weighted by Crippen LogP contribution is -2.09. The summed E-state index contributed by atoms with van der Waals surface area (Å²) in [4.78, 5) is 6.57. The Bertz CT molecular complexity index is 419. The Kier molecular flexibility index (Phi) is 5.16. The summed E-state index contributed by atoms with van der Waals surface area (Å²) >= 11 is 0.